The highest BCUT2D eigenvalue weighted by Crippen LogP contribution is 1.98. The molecule has 15 heavy (non-hydrogen) atoms. The predicted molar refractivity (Wildman–Crippen MR) is 64.7 cm³/mol. The Morgan fingerprint density at radius 3 is 2.20 bits per heavy atom. The van der Waals surface area contributed by atoms with E-state index in [1.54, 1.807) is 6.26 Å². The van der Waals surface area contributed by atoms with Crippen LogP contribution >= 0.6 is 0 Å². The van der Waals surface area contributed by atoms with Crippen molar-refractivity contribution in [3.05, 3.63) is 0 Å². The van der Waals surface area contributed by atoms with Gasteiger partial charge in [-0.25, -0.2) is 0 Å². The molecule has 1 unspecified atom stereocenters. The molecule has 0 amide bonds. The van der Waals surface area contributed by atoms with Gasteiger partial charge in [-0.2, -0.15) is 0 Å². The van der Waals surface area contributed by atoms with Crippen LogP contribution in [0.25, 0.3) is 0 Å². The van der Waals surface area contributed by atoms with E-state index >= 15 is 0 Å². The number of hydrogen-bond acceptors (Lipinski definition) is 3. The molecular weight excluding hydrogens is 212 g/mol. The summed E-state index contributed by atoms with van der Waals surface area (Å²) in [5, 5.41) is 0. The minimum atomic E-state index is -0.744. The second-order valence-electron chi connectivity index (χ2n) is 3.56. The van der Waals surface area contributed by atoms with Gasteiger partial charge in [0.05, 0.1) is 26.1 Å². The number of hydrogen-bond donors (Lipinski definition) is 0. The summed E-state index contributed by atoms with van der Waals surface area (Å²) in [5.74, 6) is 0.622. The third-order valence-corrected chi connectivity index (χ3v) is 2.77. The van der Waals surface area contributed by atoms with Crippen molar-refractivity contribution in [1.29, 1.82) is 0 Å². The molecular formula is C11H24O3S. The van der Waals surface area contributed by atoms with E-state index in [4.69, 9.17) is 9.47 Å². The molecule has 1 atom stereocenters. The predicted octanol–water partition coefficient (Wildman–Crippen LogP) is 1.98. The minimum absolute atomic E-state index is 0.572. The Hall–Kier alpha value is 0.230. The van der Waals surface area contributed by atoms with Crippen molar-refractivity contribution in [1.82, 2.24) is 0 Å². The number of ether oxygens (including phenoxy) is 2. The Labute approximate surface area is 96.7 Å². The van der Waals surface area contributed by atoms with Crippen LogP contribution in [0.4, 0.5) is 0 Å². The number of rotatable bonds is 11. The monoisotopic (exact) mass is 236 g/mol. The molecule has 0 aliphatic carbocycles. The molecule has 0 fully saturated rings. The smallest absolute Gasteiger partial charge is 0.128 e. The molecule has 0 saturated carbocycles. The fourth-order valence-corrected chi connectivity index (χ4v) is 1.48. The zero-order valence-corrected chi connectivity index (χ0v) is 10.8. The summed E-state index contributed by atoms with van der Waals surface area (Å²) >= 11 is -0.744. The van der Waals surface area contributed by atoms with Gasteiger partial charge < -0.3 is 14.0 Å². The molecule has 0 aliphatic heterocycles. The minimum Gasteiger partial charge on any atom is -0.616 e. The Morgan fingerprint density at radius 1 is 0.933 bits per heavy atom. The lowest BCUT2D eigenvalue weighted by molar-refractivity contribution is 0.0519. The van der Waals surface area contributed by atoms with Gasteiger partial charge in [0, 0.05) is 6.61 Å². The molecule has 0 heterocycles. The van der Waals surface area contributed by atoms with E-state index in [1.165, 1.54) is 19.3 Å². The van der Waals surface area contributed by atoms with Crippen LogP contribution in [0.5, 0.6) is 0 Å². The largest absolute Gasteiger partial charge is 0.616 e. The maximum atomic E-state index is 10.7. The van der Waals surface area contributed by atoms with E-state index in [9.17, 15) is 4.55 Å². The standard InChI is InChI=1S/C11H24O3S/c1-3-4-5-6-7-13-8-9-14-10-11-15(2)12/h3-11H2,1-2H3. The van der Waals surface area contributed by atoms with Crippen molar-refractivity contribution < 1.29 is 14.0 Å². The quantitative estimate of drug-likeness (QED) is 0.407. The van der Waals surface area contributed by atoms with E-state index < -0.39 is 11.2 Å². The zero-order chi connectivity index (χ0) is 11.4. The molecule has 0 aromatic carbocycles. The fourth-order valence-electron chi connectivity index (χ4n) is 1.13. The molecule has 0 bridgehead atoms. The Balaban J connectivity index is 2.87. The highest BCUT2D eigenvalue weighted by atomic mass is 32.2. The average Bonchev–Trinajstić information content (AvgIpc) is 2.20. The van der Waals surface area contributed by atoms with Gasteiger partial charge in [0.1, 0.15) is 5.75 Å². The Bertz CT molecular complexity index is 120. The van der Waals surface area contributed by atoms with Gasteiger partial charge in [0.2, 0.25) is 0 Å². The summed E-state index contributed by atoms with van der Waals surface area (Å²) in [5.41, 5.74) is 0. The molecule has 4 heteroatoms. The zero-order valence-electron chi connectivity index (χ0n) is 10.00. The molecule has 0 saturated heterocycles. The van der Waals surface area contributed by atoms with Crippen LogP contribution in [0, 0.1) is 0 Å². The topological polar surface area (TPSA) is 41.5 Å². The van der Waals surface area contributed by atoms with Crippen molar-refractivity contribution in [2.24, 2.45) is 0 Å². The van der Waals surface area contributed by atoms with E-state index in [0.29, 0.717) is 25.6 Å². The van der Waals surface area contributed by atoms with Crippen molar-refractivity contribution in [3.8, 4) is 0 Å². The van der Waals surface area contributed by atoms with Crippen LogP contribution in [0.15, 0.2) is 0 Å². The molecule has 0 aliphatic rings. The lowest BCUT2D eigenvalue weighted by Crippen LogP contribution is -2.13. The van der Waals surface area contributed by atoms with Gasteiger partial charge in [0.15, 0.2) is 0 Å². The third kappa shape index (κ3) is 14.2. The summed E-state index contributed by atoms with van der Waals surface area (Å²) in [7, 11) is 0. The molecule has 0 aromatic heterocycles. The summed E-state index contributed by atoms with van der Waals surface area (Å²) in [4.78, 5) is 0. The lowest BCUT2D eigenvalue weighted by Gasteiger charge is -2.06. The van der Waals surface area contributed by atoms with E-state index in [-0.39, 0.29) is 0 Å². The van der Waals surface area contributed by atoms with Crippen molar-refractivity contribution >= 4 is 11.2 Å². The average molecular weight is 236 g/mol. The van der Waals surface area contributed by atoms with Gasteiger partial charge in [-0.3, -0.25) is 0 Å². The molecule has 3 nitrogen and oxygen atoms in total. The summed E-state index contributed by atoms with van der Waals surface area (Å²) in [6.45, 7) is 4.88. The Kier molecular flexibility index (Phi) is 12.5. The maximum Gasteiger partial charge on any atom is 0.128 e. The normalized spacial score (nSPS) is 13.0. The van der Waals surface area contributed by atoms with Crippen molar-refractivity contribution in [3.63, 3.8) is 0 Å². The van der Waals surface area contributed by atoms with Gasteiger partial charge in [-0.05, 0) is 6.42 Å². The summed E-state index contributed by atoms with van der Waals surface area (Å²) < 4.78 is 21.3. The van der Waals surface area contributed by atoms with E-state index in [2.05, 4.69) is 6.92 Å². The van der Waals surface area contributed by atoms with Crippen LogP contribution in [-0.4, -0.2) is 43.0 Å². The molecule has 0 rings (SSSR count). The van der Waals surface area contributed by atoms with Crippen LogP contribution in [-0.2, 0) is 20.6 Å². The SMILES string of the molecule is CCCCCCOCCOCC[S+](C)[O-]. The first-order valence-electron chi connectivity index (χ1n) is 5.73. The third-order valence-electron chi connectivity index (χ3n) is 2.03. The number of unbranched alkanes of at least 4 members (excludes halogenated alkanes) is 3. The van der Waals surface area contributed by atoms with Crippen LogP contribution in [0.3, 0.4) is 0 Å². The molecule has 92 valence electrons. The molecule has 0 N–H and O–H groups in total. The second kappa shape index (κ2) is 12.3. The van der Waals surface area contributed by atoms with Gasteiger partial charge in [0.25, 0.3) is 0 Å². The van der Waals surface area contributed by atoms with Crippen molar-refractivity contribution in [2.45, 2.75) is 32.6 Å². The van der Waals surface area contributed by atoms with Gasteiger partial charge in [-0.15, -0.1) is 0 Å². The second-order valence-corrected chi connectivity index (χ2v) is 5.12. The molecule has 0 radical (unpaired) electrons. The van der Waals surface area contributed by atoms with Gasteiger partial charge >= 0.3 is 0 Å². The molecule has 0 spiro atoms. The van der Waals surface area contributed by atoms with E-state index in [1.807, 2.05) is 0 Å². The lowest BCUT2D eigenvalue weighted by atomic mass is 10.2. The maximum absolute atomic E-state index is 10.7. The highest BCUT2D eigenvalue weighted by molar-refractivity contribution is 7.90. The first-order valence-corrected chi connectivity index (χ1v) is 7.45. The van der Waals surface area contributed by atoms with Crippen molar-refractivity contribution in [2.75, 3.05) is 38.4 Å². The summed E-state index contributed by atoms with van der Waals surface area (Å²) in [6, 6.07) is 0. The first-order chi connectivity index (χ1) is 7.27. The van der Waals surface area contributed by atoms with Crippen LogP contribution in [0.2, 0.25) is 0 Å². The van der Waals surface area contributed by atoms with Gasteiger partial charge in [-0.1, -0.05) is 37.4 Å². The van der Waals surface area contributed by atoms with Crippen LogP contribution in [0.1, 0.15) is 32.6 Å². The van der Waals surface area contributed by atoms with E-state index in [0.717, 1.165) is 13.0 Å². The first kappa shape index (κ1) is 15.2. The van der Waals surface area contributed by atoms with Crippen LogP contribution < -0.4 is 0 Å². The fraction of sp³-hybridized carbons (Fsp3) is 1.00. The summed E-state index contributed by atoms with van der Waals surface area (Å²) in [6.07, 6.45) is 6.64. The molecule has 0 aromatic rings. The Morgan fingerprint density at radius 2 is 1.60 bits per heavy atom. The highest BCUT2D eigenvalue weighted by Gasteiger charge is 1.96.